The zero-order chi connectivity index (χ0) is 40.8. The summed E-state index contributed by atoms with van der Waals surface area (Å²) in [5.74, 6) is 4.79. The molecule has 0 aliphatic heterocycles. The standard InChI is InChI=1S/C43H77N4O8P/c1-31(2)10-7-11-32(3)37-15-16-38-36-14-13-34-30-35(17-19-42(34,5)39(36)18-20-43(37,38)6)55-41(48)52-28-27-51-26-25-50-22-9-29-56(49,53-23-8-12-33(4)44)54-24-21-47-40(45)46/h13,31-32,35-39,44H,7-12,14-30H2,1-6H3,(H4,45,46,47). The van der Waals surface area contributed by atoms with E-state index in [4.69, 9.17) is 44.9 Å². The molecule has 0 radical (unpaired) electrons. The van der Waals surface area contributed by atoms with Crippen molar-refractivity contribution in [1.29, 1.82) is 5.41 Å². The number of nitrogens with zero attached hydrogens (tertiary/aromatic N) is 1. The van der Waals surface area contributed by atoms with Crippen LogP contribution in [0.2, 0.25) is 0 Å². The number of hydrogen-bond acceptors (Lipinski definition) is 10. The Morgan fingerprint density at radius 2 is 1.64 bits per heavy atom. The summed E-state index contributed by atoms with van der Waals surface area (Å²) >= 11 is 0. The highest BCUT2D eigenvalue weighted by Crippen LogP contribution is 2.67. The lowest BCUT2D eigenvalue weighted by Crippen LogP contribution is -2.51. The molecular weight excluding hydrogens is 731 g/mol. The van der Waals surface area contributed by atoms with E-state index >= 15 is 0 Å². The van der Waals surface area contributed by atoms with E-state index in [0.717, 1.165) is 54.8 Å². The van der Waals surface area contributed by atoms with Gasteiger partial charge in [-0.05, 0) is 117 Å². The largest absolute Gasteiger partial charge is 0.508 e. The van der Waals surface area contributed by atoms with E-state index in [1.165, 1.54) is 56.9 Å². The lowest BCUT2D eigenvalue weighted by molar-refractivity contribution is -0.0627. The van der Waals surface area contributed by atoms with Crippen LogP contribution in [0.5, 0.6) is 0 Å². The van der Waals surface area contributed by atoms with Crippen LogP contribution in [0.3, 0.4) is 0 Å². The molecule has 4 rings (SSSR count). The van der Waals surface area contributed by atoms with Crippen LogP contribution in [0.25, 0.3) is 0 Å². The van der Waals surface area contributed by atoms with Crippen LogP contribution in [0.15, 0.2) is 16.6 Å². The number of hydrogen-bond donors (Lipinski definition) is 3. The van der Waals surface area contributed by atoms with Gasteiger partial charge in [-0.1, -0.05) is 65.5 Å². The molecule has 0 heterocycles. The molecule has 0 amide bonds. The highest BCUT2D eigenvalue weighted by Gasteiger charge is 2.59. The summed E-state index contributed by atoms with van der Waals surface area (Å²) in [7, 11) is -3.36. The van der Waals surface area contributed by atoms with Crippen LogP contribution in [0.1, 0.15) is 131 Å². The number of carbonyl (C=O) groups is 1. The van der Waals surface area contributed by atoms with Crippen LogP contribution >= 0.6 is 7.60 Å². The first kappa shape index (κ1) is 46.7. The molecule has 3 fully saturated rings. The molecule has 0 spiro atoms. The smallest absolute Gasteiger partial charge is 0.432 e. The van der Waals surface area contributed by atoms with E-state index in [0.29, 0.717) is 50.2 Å². The van der Waals surface area contributed by atoms with E-state index in [-0.39, 0.29) is 56.6 Å². The summed E-state index contributed by atoms with van der Waals surface area (Å²) in [5.41, 5.74) is 13.4. The minimum Gasteiger partial charge on any atom is -0.432 e. The topological polar surface area (TPSA) is 178 Å². The number of nitrogens with two attached hydrogens (primary N) is 2. The zero-order valence-corrected chi connectivity index (χ0v) is 36.6. The maximum atomic E-state index is 13.2. The van der Waals surface area contributed by atoms with Crippen molar-refractivity contribution >= 4 is 25.4 Å². The number of rotatable bonds is 25. The van der Waals surface area contributed by atoms with Crippen molar-refractivity contribution in [3.05, 3.63) is 11.6 Å². The summed E-state index contributed by atoms with van der Waals surface area (Å²) in [6, 6.07) is 0. The fraction of sp³-hybridized carbons (Fsp3) is 0.884. The first-order chi connectivity index (χ1) is 26.7. The van der Waals surface area contributed by atoms with E-state index in [9.17, 15) is 9.36 Å². The molecule has 0 aromatic rings. The van der Waals surface area contributed by atoms with Crippen LogP contribution in [-0.4, -0.2) is 82.9 Å². The Kier molecular flexibility index (Phi) is 18.7. The molecule has 322 valence electrons. The van der Waals surface area contributed by atoms with Gasteiger partial charge in [0.2, 0.25) is 0 Å². The highest BCUT2D eigenvalue weighted by molar-refractivity contribution is 7.53. The first-order valence-electron chi connectivity index (χ1n) is 21.8. The molecular formula is C43H77N4O8P. The highest BCUT2D eigenvalue weighted by atomic mass is 31.2. The second-order valence-corrected chi connectivity index (χ2v) is 20.3. The molecule has 0 aromatic carbocycles. The number of aliphatic imine (C=N–C) groups is 1. The van der Waals surface area contributed by atoms with Gasteiger partial charge >= 0.3 is 13.8 Å². The maximum Gasteiger partial charge on any atom is 0.508 e. The minimum absolute atomic E-state index is 0.0598. The maximum absolute atomic E-state index is 13.2. The fourth-order valence-corrected chi connectivity index (χ4v) is 12.5. The summed E-state index contributed by atoms with van der Waals surface area (Å²) in [6.07, 6.45) is 17.2. The van der Waals surface area contributed by atoms with E-state index in [1.807, 2.05) is 0 Å². The number of nitrogens with one attached hydrogen (secondary N) is 1. The van der Waals surface area contributed by atoms with Crippen molar-refractivity contribution in [2.24, 2.45) is 62.8 Å². The summed E-state index contributed by atoms with van der Waals surface area (Å²) in [6.45, 7) is 16.0. The van der Waals surface area contributed by atoms with Gasteiger partial charge in [-0.3, -0.25) is 9.56 Å². The van der Waals surface area contributed by atoms with Gasteiger partial charge < -0.3 is 44.9 Å². The van der Waals surface area contributed by atoms with Crippen molar-refractivity contribution in [1.82, 2.24) is 0 Å². The molecule has 5 N–H and O–H groups in total. The van der Waals surface area contributed by atoms with Crippen molar-refractivity contribution in [2.75, 3.05) is 59.0 Å². The quantitative estimate of drug-likeness (QED) is 0.0201. The van der Waals surface area contributed by atoms with Gasteiger partial charge in [0.25, 0.3) is 0 Å². The third kappa shape index (κ3) is 13.5. The third-order valence-corrected chi connectivity index (χ3v) is 15.7. The fourth-order valence-electron chi connectivity index (χ4n) is 10.9. The van der Waals surface area contributed by atoms with Gasteiger partial charge in [0.05, 0.1) is 45.7 Å². The Morgan fingerprint density at radius 3 is 2.38 bits per heavy atom. The van der Waals surface area contributed by atoms with E-state index in [2.05, 4.69) is 45.7 Å². The van der Waals surface area contributed by atoms with E-state index < -0.39 is 13.8 Å². The minimum atomic E-state index is -3.36. The predicted molar refractivity (Wildman–Crippen MR) is 223 cm³/mol. The second-order valence-electron chi connectivity index (χ2n) is 18.1. The monoisotopic (exact) mass is 809 g/mol. The van der Waals surface area contributed by atoms with Crippen LogP contribution in [0.4, 0.5) is 4.79 Å². The Balaban J connectivity index is 1.10. The summed E-state index contributed by atoms with van der Waals surface area (Å²) in [4.78, 5) is 16.5. The lowest BCUT2D eigenvalue weighted by atomic mass is 9.47. The number of guanidine groups is 1. The van der Waals surface area contributed by atoms with Gasteiger partial charge in [-0.15, -0.1) is 0 Å². The number of carbonyl (C=O) groups excluding carboxylic acids is 1. The average Bonchev–Trinajstić information content (AvgIpc) is 3.50. The van der Waals surface area contributed by atoms with Gasteiger partial charge in [-0.2, -0.15) is 0 Å². The zero-order valence-electron chi connectivity index (χ0n) is 35.7. The lowest BCUT2D eigenvalue weighted by Gasteiger charge is -2.58. The number of ether oxygens (including phenoxy) is 4. The van der Waals surface area contributed by atoms with E-state index in [1.54, 1.807) is 6.92 Å². The molecule has 4 aliphatic rings. The molecule has 9 unspecified atom stereocenters. The van der Waals surface area contributed by atoms with Gasteiger partial charge in [0.1, 0.15) is 12.7 Å². The molecule has 56 heavy (non-hydrogen) atoms. The molecule has 0 saturated heterocycles. The van der Waals surface area contributed by atoms with Crippen molar-refractivity contribution in [3.63, 3.8) is 0 Å². The molecule has 13 heteroatoms. The Morgan fingerprint density at radius 1 is 0.911 bits per heavy atom. The van der Waals surface area contributed by atoms with Gasteiger partial charge in [-0.25, -0.2) is 4.79 Å². The van der Waals surface area contributed by atoms with Crippen LogP contribution in [0, 0.1) is 51.7 Å². The average molecular weight is 809 g/mol. The molecule has 9 atom stereocenters. The van der Waals surface area contributed by atoms with Gasteiger partial charge in [0.15, 0.2) is 5.96 Å². The number of fused-ring (bicyclic) bond motifs is 5. The summed E-state index contributed by atoms with van der Waals surface area (Å²) < 4.78 is 46.7. The Bertz CT molecular complexity index is 1360. The van der Waals surface area contributed by atoms with Crippen molar-refractivity contribution in [3.8, 4) is 0 Å². The first-order valence-corrected chi connectivity index (χ1v) is 23.6. The SMILES string of the molecule is CC(=N)CCCOP(=O)(CCCOCCOCCOC(=O)OC1CCC2(C)C(=CCC3C2CCC2(C)C(C(C)CCCC(C)C)CCC32)C1)OCCN=C(N)N. The molecule has 12 nitrogen and oxygen atoms in total. The predicted octanol–water partition coefficient (Wildman–Crippen LogP) is 9.29. The third-order valence-electron chi connectivity index (χ3n) is 13.7. The normalized spacial score (nSPS) is 30.0. The summed E-state index contributed by atoms with van der Waals surface area (Å²) in [5, 5.41) is 7.55. The van der Waals surface area contributed by atoms with Crippen LogP contribution in [-0.2, 0) is 32.6 Å². The van der Waals surface area contributed by atoms with Crippen molar-refractivity contribution in [2.45, 2.75) is 138 Å². The molecule has 3 saturated carbocycles. The molecule has 0 aromatic heterocycles. The number of allylic oxidation sites excluding steroid dienone is 1. The second kappa shape index (κ2) is 22.4. The molecule has 0 bridgehead atoms. The Labute approximate surface area is 338 Å². The van der Waals surface area contributed by atoms with Gasteiger partial charge in [0, 0.05) is 18.7 Å². The van der Waals surface area contributed by atoms with Crippen LogP contribution < -0.4 is 11.5 Å². The Hall–Kier alpha value is -1.98. The molecule has 4 aliphatic carbocycles. The van der Waals surface area contributed by atoms with Crippen molar-refractivity contribution < 1.29 is 37.4 Å².